The summed E-state index contributed by atoms with van der Waals surface area (Å²) in [5.74, 6) is 0. The number of aromatic nitrogens is 5. The summed E-state index contributed by atoms with van der Waals surface area (Å²) in [4.78, 5) is 0. The molecule has 0 atom stereocenters. The second-order valence-electron chi connectivity index (χ2n) is 2.44. The van der Waals surface area contributed by atoms with Crippen LogP contribution in [-0.4, -0.2) is 28.8 Å². The van der Waals surface area contributed by atoms with Gasteiger partial charge in [-0.3, -0.25) is 0 Å². The van der Waals surface area contributed by atoms with Crippen molar-refractivity contribution in [3.05, 3.63) is 23.8 Å². The lowest BCUT2D eigenvalue weighted by molar-refractivity contribution is 0.269. The molecule has 0 spiro atoms. The van der Waals surface area contributed by atoms with E-state index < -0.39 is 0 Å². The highest BCUT2D eigenvalue weighted by Crippen LogP contribution is 2.01. The summed E-state index contributed by atoms with van der Waals surface area (Å²) in [6.45, 7) is 0.441. The number of rotatable bonds is 3. The van der Waals surface area contributed by atoms with Gasteiger partial charge < -0.3 is 5.11 Å². The van der Waals surface area contributed by atoms with E-state index in [-0.39, 0.29) is 6.61 Å². The molecule has 7 heteroatoms. The Labute approximate surface area is 78.2 Å². The number of hydrogen-bond donors (Lipinski definition) is 1. The molecule has 2 aromatic rings. The maximum Gasteiger partial charge on any atom is 0.0958 e. The maximum absolute atomic E-state index is 8.90. The highest BCUT2D eigenvalue weighted by Gasteiger charge is 2.04. The van der Waals surface area contributed by atoms with Gasteiger partial charge in [0.15, 0.2) is 0 Å². The minimum Gasteiger partial charge on any atom is -0.390 e. The van der Waals surface area contributed by atoms with Gasteiger partial charge in [-0.15, -0.1) is 5.10 Å². The lowest BCUT2D eigenvalue weighted by Gasteiger charge is -1.99. The van der Waals surface area contributed by atoms with Crippen molar-refractivity contribution >= 4 is 11.7 Å². The Morgan fingerprint density at radius 2 is 2.38 bits per heavy atom. The van der Waals surface area contributed by atoms with Crippen LogP contribution in [0.4, 0.5) is 0 Å². The molecule has 0 aliphatic rings. The lowest BCUT2D eigenvalue weighted by atomic mass is 10.4. The van der Waals surface area contributed by atoms with Gasteiger partial charge in [0.2, 0.25) is 0 Å². The van der Waals surface area contributed by atoms with Crippen LogP contribution in [0.25, 0.3) is 0 Å². The third-order valence-electron chi connectivity index (χ3n) is 1.58. The van der Waals surface area contributed by atoms with Crippen molar-refractivity contribution in [1.82, 2.24) is 23.7 Å². The molecular formula is C6H7N5OS. The fourth-order valence-corrected chi connectivity index (χ4v) is 1.37. The van der Waals surface area contributed by atoms with Gasteiger partial charge in [-0.05, 0) is 0 Å². The van der Waals surface area contributed by atoms with E-state index in [1.807, 2.05) is 0 Å². The molecule has 2 heterocycles. The van der Waals surface area contributed by atoms with Crippen molar-refractivity contribution in [2.45, 2.75) is 13.2 Å². The normalized spacial score (nSPS) is 10.5. The minimum atomic E-state index is -0.0649. The Morgan fingerprint density at radius 3 is 3.08 bits per heavy atom. The molecule has 68 valence electrons. The monoisotopic (exact) mass is 197 g/mol. The van der Waals surface area contributed by atoms with Crippen LogP contribution in [0.1, 0.15) is 11.4 Å². The van der Waals surface area contributed by atoms with Gasteiger partial charge in [-0.1, -0.05) is 5.21 Å². The van der Waals surface area contributed by atoms with Crippen LogP contribution >= 0.6 is 11.7 Å². The second kappa shape index (κ2) is 3.58. The quantitative estimate of drug-likeness (QED) is 0.729. The highest BCUT2D eigenvalue weighted by molar-refractivity contribution is 6.99. The topological polar surface area (TPSA) is 76.7 Å². The smallest absolute Gasteiger partial charge is 0.0958 e. The highest BCUT2D eigenvalue weighted by atomic mass is 32.1. The van der Waals surface area contributed by atoms with Crippen LogP contribution in [0.3, 0.4) is 0 Å². The maximum atomic E-state index is 8.90. The standard InChI is InChI=1S/C6H7N5OS/c12-4-6-2-7-10-11(6)3-5-1-8-13-9-5/h1-2,12H,3-4H2. The Hall–Kier alpha value is -1.34. The van der Waals surface area contributed by atoms with Crippen molar-refractivity contribution < 1.29 is 5.11 Å². The first-order chi connectivity index (χ1) is 6.40. The largest absolute Gasteiger partial charge is 0.390 e. The third-order valence-corrected chi connectivity index (χ3v) is 2.09. The Bertz CT molecular complexity index is 370. The van der Waals surface area contributed by atoms with Gasteiger partial charge in [0.1, 0.15) is 0 Å². The molecule has 0 bridgehead atoms. The molecule has 13 heavy (non-hydrogen) atoms. The lowest BCUT2D eigenvalue weighted by Crippen LogP contribution is -2.06. The molecule has 0 saturated carbocycles. The zero-order chi connectivity index (χ0) is 9.10. The van der Waals surface area contributed by atoms with Crippen LogP contribution < -0.4 is 0 Å². The van der Waals surface area contributed by atoms with Crippen molar-refractivity contribution in [2.24, 2.45) is 0 Å². The number of hydrogen-bond acceptors (Lipinski definition) is 6. The molecule has 0 fully saturated rings. The summed E-state index contributed by atoms with van der Waals surface area (Å²) in [5, 5.41) is 16.4. The Balaban J connectivity index is 2.18. The molecule has 2 rings (SSSR count). The predicted octanol–water partition coefficient (Wildman–Crippen LogP) is -0.330. The fraction of sp³-hybridized carbons (Fsp3) is 0.333. The predicted molar refractivity (Wildman–Crippen MR) is 45.0 cm³/mol. The molecule has 0 unspecified atom stereocenters. The summed E-state index contributed by atoms with van der Waals surface area (Å²) in [5.41, 5.74) is 1.50. The SMILES string of the molecule is OCc1cnnn1Cc1cnsn1. The van der Waals surface area contributed by atoms with E-state index in [9.17, 15) is 0 Å². The Kier molecular flexibility index (Phi) is 2.28. The average molecular weight is 197 g/mol. The van der Waals surface area contributed by atoms with Gasteiger partial charge in [0, 0.05) is 0 Å². The Morgan fingerprint density at radius 1 is 1.46 bits per heavy atom. The van der Waals surface area contributed by atoms with Gasteiger partial charge in [0.05, 0.1) is 48.7 Å². The fourth-order valence-electron chi connectivity index (χ4n) is 0.942. The van der Waals surface area contributed by atoms with Crippen LogP contribution in [-0.2, 0) is 13.2 Å². The first kappa shape index (κ1) is 8.27. The second-order valence-corrected chi connectivity index (χ2v) is 3.00. The van der Waals surface area contributed by atoms with Gasteiger partial charge >= 0.3 is 0 Å². The molecule has 0 amide bonds. The number of aliphatic hydroxyl groups excluding tert-OH is 1. The van der Waals surface area contributed by atoms with Crippen LogP contribution in [0.15, 0.2) is 12.4 Å². The molecule has 0 saturated heterocycles. The van der Waals surface area contributed by atoms with Gasteiger partial charge in [-0.25, -0.2) is 4.68 Å². The summed E-state index contributed by atoms with van der Waals surface area (Å²) < 4.78 is 9.49. The molecule has 2 aromatic heterocycles. The summed E-state index contributed by atoms with van der Waals surface area (Å²) in [6, 6.07) is 0. The molecule has 0 aromatic carbocycles. The van der Waals surface area contributed by atoms with Gasteiger partial charge in [-0.2, -0.15) is 8.75 Å². The third kappa shape index (κ3) is 1.70. The van der Waals surface area contributed by atoms with E-state index in [4.69, 9.17) is 5.11 Å². The van der Waals surface area contributed by atoms with E-state index >= 15 is 0 Å². The molecular weight excluding hydrogens is 190 g/mol. The van der Waals surface area contributed by atoms with Crippen LogP contribution in [0.5, 0.6) is 0 Å². The van der Waals surface area contributed by atoms with Crippen molar-refractivity contribution in [3.63, 3.8) is 0 Å². The first-order valence-electron chi connectivity index (χ1n) is 3.65. The van der Waals surface area contributed by atoms with E-state index in [0.717, 1.165) is 17.4 Å². The summed E-state index contributed by atoms with van der Waals surface area (Å²) in [7, 11) is 0. The van der Waals surface area contributed by atoms with Gasteiger partial charge in [0.25, 0.3) is 0 Å². The molecule has 6 nitrogen and oxygen atoms in total. The molecule has 0 radical (unpaired) electrons. The van der Waals surface area contributed by atoms with Crippen molar-refractivity contribution in [1.29, 1.82) is 0 Å². The van der Waals surface area contributed by atoms with E-state index in [2.05, 4.69) is 19.1 Å². The minimum absolute atomic E-state index is 0.0649. The molecule has 0 aliphatic heterocycles. The van der Waals surface area contributed by atoms with Crippen molar-refractivity contribution in [3.8, 4) is 0 Å². The first-order valence-corrected chi connectivity index (χ1v) is 4.38. The van der Waals surface area contributed by atoms with E-state index in [1.165, 1.54) is 6.20 Å². The molecule has 0 aliphatic carbocycles. The molecule has 1 N–H and O–H groups in total. The zero-order valence-corrected chi connectivity index (χ0v) is 7.48. The zero-order valence-electron chi connectivity index (χ0n) is 6.66. The number of aliphatic hydroxyl groups is 1. The van der Waals surface area contributed by atoms with Crippen molar-refractivity contribution in [2.75, 3.05) is 0 Å². The summed E-state index contributed by atoms with van der Waals surface area (Å²) in [6.07, 6.45) is 3.20. The van der Waals surface area contributed by atoms with E-state index in [1.54, 1.807) is 10.9 Å². The summed E-state index contributed by atoms with van der Waals surface area (Å²) >= 11 is 1.15. The van der Waals surface area contributed by atoms with Crippen LogP contribution in [0, 0.1) is 0 Å². The van der Waals surface area contributed by atoms with E-state index in [0.29, 0.717) is 12.2 Å². The average Bonchev–Trinajstić information content (AvgIpc) is 2.76. The number of nitrogens with zero attached hydrogens (tertiary/aromatic N) is 5. The van der Waals surface area contributed by atoms with Crippen LogP contribution in [0.2, 0.25) is 0 Å².